The molecule has 0 aromatic heterocycles. The molecule has 2 aromatic carbocycles. The number of hydrogen-bond acceptors (Lipinski definition) is 2. The van der Waals surface area contributed by atoms with Crippen LogP contribution in [0.4, 0.5) is 5.69 Å². The van der Waals surface area contributed by atoms with E-state index in [-0.39, 0.29) is 11.9 Å². The third-order valence-electron chi connectivity index (χ3n) is 3.89. The van der Waals surface area contributed by atoms with Gasteiger partial charge in [-0.2, -0.15) is 0 Å². The lowest BCUT2D eigenvalue weighted by molar-refractivity contribution is -0.123. The molecule has 0 N–H and O–H groups in total. The number of carbonyl (C=O) groups is 1. The lowest BCUT2D eigenvalue weighted by Gasteiger charge is -2.45. The molecule has 1 heterocycles. The van der Waals surface area contributed by atoms with E-state index < -0.39 is 5.38 Å². The Kier molecular flexibility index (Phi) is 3.60. The molecule has 1 amide bonds. The van der Waals surface area contributed by atoms with Gasteiger partial charge in [-0.05, 0) is 42.3 Å². The number of anilines is 1. The van der Waals surface area contributed by atoms with E-state index in [0.717, 1.165) is 22.6 Å². The highest BCUT2D eigenvalue weighted by Crippen LogP contribution is 2.43. The quantitative estimate of drug-likeness (QED) is 0.639. The summed E-state index contributed by atoms with van der Waals surface area (Å²) in [5.74, 6) is 0.705. The van der Waals surface area contributed by atoms with Crippen LogP contribution in [-0.4, -0.2) is 18.4 Å². The van der Waals surface area contributed by atoms with Crippen LogP contribution in [0.3, 0.4) is 0 Å². The standard InChI is InChI=1S/C17H16ClNO2/c1-11-5-3-4-6-14(11)16-15(18)17(20)19(16)12-7-9-13(21-2)10-8-12/h3-10,15-16H,1-2H3/t15-,16+/m1/s1. The van der Waals surface area contributed by atoms with Gasteiger partial charge < -0.3 is 9.64 Å². The maximum atomic E-state index is 12.2. The SMILES string of the molecule is COc1ccc(N2C(=O)[C@H](Cl)[C@@H]2c2ccccc2C)cc1. The van der Waals surface area contributed by atoms with Gasteiger partial charge in [0.15, 0.2) is 0 Å². The van der Waals surface area contributed by atoms with Gasteiger partial charge in [-0.1, -0.05) is 24.3 Å². The molecule has 0 saturated carbocycles. The van der Waals surface area contributed by atoms with Crippen LogP contribution >= 0.6 is 11.6 Å². The van der Waals surface area contributed by atoms with Crippen LogP contribution in [0.1, 0.15) is 17.2 Å². The smallest absolute Gasteiger partial charge is 0.248 e. The molecule has 0 aliphatic carbocycles. The third kappa shape index (κ3) is 2.28. The van der Waals surface area contributed by atoms with Gasteiger partial charge in [-0.25, -0.2) is 0 Å². The van der Waals surface area contributed by atoms with Crippen molar-refractivity contribution in [2.24, 2.45) is 0 Å². The number of amides is 1. The zero-order valence-electron chi connectivity index (χ0n) is 11.9. The van der Waals surface area contributed by atoms with Crippen molar-refractivity contribution in [3.63, 3.8) is 0 Å². The van der Waals surface area contributed by atoms with Gasteiger partial charge in [-0.15, -0.1) is 11.6 Å². The Morgan fingerprint density at radius 1 is 1.10 bits per heavy atom. The Balaban J connectivity index is 1.96. The van der Waals surface area contributed by atoms with Crippen LogP contribution in [-0.2, 0) is 4.79 Å². The van der Waals surface area contributed by atoms with E-state index in [9.17, 15) is 4.79 Å². The largest absolute Gasteiger partial charge is 0.497 e. The van der Waals surface area contributed by atoms with E-state index in [0.29, 0.717) is 0 Å². The molecular formula is C17H16ClNO2. The molecule has 1 saturated heterocycles. The van der Waals surface area contributed by atoms with Gasteiger partial charge in [0.2, 0.25) is 5.91 Å². The lowest BCUT2D eigenvalue weighted by atomic mass is 9.89. The van der Waals surface area contributed by atoms with Crippen LogP contribution in [0.2, 0.25) is 0 Å². The number of β-lactam (4-membered cyclic amide) rings is 1. The minimum atomic E-state index is -0.506. The summed E-state index contributed by atoms with van der Waals surface area (Å²) in [5.41, 5.74) is 3.07. The van der Waals surface area contributed by atoms with Crippen LogP contribution in [0, 0.1) is 6.92 Å². The second kappa shape index (κ2) is 5.41. The number of aryl methyl sites for hydroxylation is 1. The molecule has 21 heavy (non-hydrogen) atoms. The number of hydrogen-bond donors (Lipinski definition) is 0. The summed E-state index contributed by atoms with van der Waals surface area (Å²) in [4.78, 5) is 13.9. The Bertz CT molecular complexity index is 669. The summed E-state index contributed by atoms with van der Waals surface area (Å²) < 4.78 is 5.15. The normalized spacial score (nSPS) is 21.1. The number of carbonyl (C=O) groups excluding carboxylic acids is 1. The minimum absolute atomic E-state index is 0.0601. The number of benzene rings is 2. The Labute approximate surface area is 129 Å². The van der Waals surface area contributed by atoms with Gasteiger partial charge >= 0.3 is 0 Å². The van der Waals surface area contributed by atoms with Crippen molar-refractivity contribution in [3.8, 4) is 5.75 Å². The van der Waals surface area contributed by atoms with Crippen molar-refractivity contribution in [1.82, 2.24) is 0 Å². The van der Waals surface area contributed by atoms with Crippen molar-refractivity contribution >= 4 is 23.2 Å². The predicted octanol–water partition coefficient (Wildman–Crippen LogP) is 3.70. The number of nitrogens with zero attached hydrogens (tertiary/aromatic N) is 1. The summed E-state index contributed by atoms with van der Waals surface area (Å²) in [6.45, 7) is 2.04. The van der Waals surface area contributed by atoms with Crippen LogP contribution in [0.15, 0.2) is 48.5 Å². The van der Waals surface area contributed by atoms with Gasteiger partial charge in [0.25, 0.3) is 0 Å². The average Bonchev–Trinajstić information content (AvgIpc) is 2.53. The molecule has 1 aliphatic rings. The van der Waals surface area contributed by atoms with E-state index in [2.05, 4.69) is 0 Å². The fourth-order valence-electron chi connectivity index (χ4n) is 2.70. The first kappa shape index (κ1) is 14.0. The van der Waals surface area contributed by atoms with E-state index in [1.165, 1.54) is 0 Å². The fraction of sp³-hybridized carbons (Fsp3) is 0.235. The molecule has 0 unspecified atom stereocenters. The maximum absolute atomic E-state index is 12.2. The van der Waals surface area contributed by atoms with E-state index in [1.807, 2.05) is 55.5 Å². The molecule has 4 heteroatoms. The molecule has 3 nitrogen and oxygen atoms in total. The third-order valence-corrected chi connectivity index (χ3v) is 4.31. The van der Waals surface area contributed by atoms with Gasteiger partial charge in [0, 0.05) is 5.69 Å². The second-order valence-electron chi connectivity index (χ2n) is 5.11. The van der Waals surface area contributed by atoms with Crippen molar-refractivity contribution in [2.75, 3.05) is 12.0 Å². The molecule has 3 rings (SSSR count). The predicted molar refractivity (Wildman–Crippen MR) is 84.0 cm³/mol. The summed E-state index contributed by atoms with van der Waals surface area (Å²) in [5, 5.41) is -0.506. The number of alkyl halides is 1. The lowest BCUT2D eigenvalue weighted by Crippen LogP contribution is -2.56. The molecule has 2 atom stereocenters. The number of ether oxygens (including phenoxy) is 1. The highest BCUT2D eigenvalue weighted by Gasteiger charge is 2.48. The van der Waals surface area contributed by atoms with Crippen LogP contribution in [0.5, 0.6) is 5.75 Å². The minimum Gasteiger partial charge on any atom is -0.497 e. The first-order chi connectivity index (χ1) is 10.1. The zero-order valence-corrected chi connectivity index (χ0v) is 12.7. The highest BCUT2D eigenvalue weighted by atomic mass is 35.5. The summed E-state index contributed by atoms with van der Waals surface area (Å²) in [6.07, 6.45) is 0. The van der Waals surface area contributed by atoms with E-state index in [4.69, 9.17) is 16.3 Å². The summed E-state index contributed by atoms with van der Waals surface area (Å²) in [7, 11) is 1.62. The van der Waals surface area contributed by atoms with Gasteiger partial charge in [-0.3, -0.25) is 4.79 Å². The monoisotopic (exact) mass is 301 g/mol. The highest BCUT2D eigenvalue weighted by molar-refractivity contribution is 6.37. The van der Waals surface area contributed by atoms with Crippen molar-refractivity contribution in [3.05, 3.63) is 59.7 Å². The number of halogens is 1. The molecule has 0 radical (unpaired) electrons. The fourth-order valence-corrected chi connectivity index (χ4v) is 3.05. The summed E-state index contributed by atoms with van der Waals surface area (Å²) in [6, 6.07) is 15.4. The molecule has 1 fully saturated rings. The van der Waals surface area contributed by atoms with Crippen LogP contribution in [0.25, 0.3) is 0 Å². The van der Waals surface area contributed by atoms with E-state index >= 15 is 0 Å². The maximum Gasteiger partial charge on any atom is 0.248 e. The number of rotatable bonds is 3. The van der Waals surface area contributed by atoms with Gasteiger partial charge in [0.05, 0.1) is 13.2 Å². The Morgan fingerprint density at radius 3 is 2.38 bits per heavy atom. The van der Waals surface area contributed by atoms with E-state index in [1.54, 1.807) is 12.0 Å². The molecule has 108 valence electrons. The van der Waals surface area contributed by atoms with Crippen molar-refractivity contribution in [1.29, 1.82) is 0 Å². The zero-order chi connectivity index (χ0) is 15.0. The molecular weight excluding hydrogens is 286 g/mol. The average molecular weight is 302 g/mol. The summed E-state index contributed by atoms with van der Waals surface area (Å²) >= 11 is 6.26. The first-order valence-corrected chi connectivity index (χ1v) is 7.24. The Morgan fingerprint density at radius 2 is 1.76 bits per heavy atom. The van der Waals surface area contributed by atoms with Gasteiger partial charge in [0.1, 0.15) is 11.1 Å². The first-order valence-electron chi connectivity index (χ1n) is 6.80. The molecule has 0 spiro atoms. The molecule has 2 aromatic rings. The van der Waals surface area contributed by atoms with Crippen molar-refractivity contribution < 1.29 is 9.53 Å². The second-order valence-corrected chi connectivity index (χ2v) is 5.58. The van der Waals surface area contributed by atoms with Crippen LogP contribution < -0.4 is 9.64 Å². The Hall–Kier alpha value is -2.00. The molecule has 1 aliphatic heterocycles. The number of methoxy groups -OCH3 is 1. The molecule has 0 bridgehead atoms. The topological polar surface area (TPSA) is 29.5 Å². The van der Waals surface area contributed by atoms with Crippen molar-refractivity contribution in [2.45, 2.75) is 18.3 Å².